The van der Waals surface area contributed by atoms with Crippen LogP contribution in [0.15, 0.2) is 12.1 Å². The molecule has 0 aliphatic heterocycles. The summed E-state index contributed by atoms with van der Waals surface area (Å²) in [5.41, 5.74) is 13.9. The van der Waals surface area contributed by atoms with Gasteiger partial charge < -0.3 is 16.2 Å². The van der Waals surface area contributed by atoms with Crippen LogP contribution in [0.3, 0.4) is 0 Å². The van der Waals surface area contributed by atoms with Gasteiger partial charge in [0.1, 0.15) is 5.75 Å². The number of nitrogens with two attached hydrogens (primary N) is 2. The SMILES string of the molecule is CCCOc1cc(C)c(Cl)cc1C(C)C(C)C(CN)CN. The molecule has 1 rings (SSSR count). The monoisotopic (exact) mass is 312 g/mol. The predicted molar refractivity (Wildman–Crippen MR) is 91.2 cm³/mol. The summed E-state index contributed by atoms with van der Waals surface area (Å²) in [4.78, 5) is 0. The molecule has 0 heterocycles. The molecule has 21 heavy (non-hydrogen) atoms. The minimum absolute atomic E-state index is 0.298. The molecule has 0 bridgehead atoms. The highest BCUT2D eigenvalue weighted by Gasteiger charge is 2.25. The zero-order chi connectivity index (χ0) is 16.0. The molecule has 1 aromatic carbocycles. The molecule has 0 radical (unpaired) electrons. The summed E-state index contributed by atoms with van der Waals surface area (Å²) in [6, 6.07) is 4.07. The van der Waals surface area contributed by atoms with E-state index in [0.29, 0.717) is 37.5 Å². The average Bonchev–Trinajstić information content (AvgIpc) is 2.48. The second-order valence-corrected chi connectivity index (χ2v) is 6.27. The van der Waals surface area contributed by atoms with Crippen LogP contribution in [0, 0.1) is 18.8 Å². The molecule has 0 saturated heterocycles. The third kappa shape index (κ3) is 4.60. The molecule has 0 saturated carbocycles. The zero-order valence-electron chi connectivity index (χ0n) is 13.7. The largest absolute Gasteiger partial charge is 0.493 e. The third-order valence-electron chi connectivity index (χ3n) is 4.38. The Balaban J connectivity index is 3.10. The van der Waals surface area contributed by atoms with E-state index in [0.717, 1.165) is 28.3 Å². The van der Waals surface area contributed by atoms with E-state index in [-0.39, 0.29) is 0 Å². The molecule has 0 spiro atoms. The summed E-state index contributed by atoms with van der Waals surface area (Å²) < 4.78 is 5.92. The van der Waals surface area contributed by atoms with Crippen molar-refractivity contribution in [1.82, 2.24) is 0 Å². The van der Waals surface area contributed by atoms with Crippen LogP contribution in [0.4, 0.5) is 0 Å². The molecule has 0 aliphatic rings. The molecule has 0 aromatic heterocycles. The summed E-state index contributed by atoms with van der Waals surface area (Å²) >= 11 is 6.31. The van der Waals surface area contributed by atoms with Gasteiger partial charge in [-0.1, -0.05) is 32.4 Å². The topological polar surface area (TPSA) is 61.3 Å². The molecule has 0 aliphatic carbocycles. The van der Waals surface area contributed by atoms with E-state index in [1.807, 2.05) is 19.1 Å². The fraction of sp³-hybridized carbons (Fsp3) is 0.647. The molecule has 0 amide bonds. The third-order valence-corrected chi connectivity index (χ3v) is 4.79. The molecular weight excluding hydrogens is 284 g/mol. The number of halogens is 1. The Morgan fingerprint density at radius 2 is 1.81 bits per heavy atom. The van der Waals surface area contributed by atoms with Gasteiger partial charge in [0.15, 0.2) is 0 Å². The van der Waals surface area contributed by atoms with Crippen molar-refractivity contribution in [3.05, 3.63) is 28.3 Å². The first kappa shape index (κ1) is 18.3. The van der Waals surface area contributed by atoms with Gasteiger partial charge in [0, 0.05) is 5.02 Å². The fourth-order valence-electron chi connectivity index (χ4n) is 2.58. The first-order chi connectivity index (χ1) is 9.96. The lowest BCUT2D eigenvalue weighted by atomic mass is 9.79. The first-order valence-corrected chi connectivity index (χ1v) is 8.16. The predicted octanol–water partition coefficient (Wildman–Crippen LogP) is 3.71. The summed E-state index contributed by atoms with van der Waals surface area (Å²) in [6.45, 7) is 10.4. The Kier molecular flexibility index (Phi) is 7.50. The van der Waals surface area contributed by atoms with E-state index < -0.39 is 0 Å². The van der Waals surface area contributed by atoms with Gasteiger partial charge in [-0.15, -0.1) is 0 Å². The van der Waals surface area contributed by atoms with Crippen LogP contribution in [0.5, 0.6) is 5.75 Å². The van der Waals surface area contributed by atoms with Crippen LogP contribution in [-0.4, -0.2) is 19.7 Å². The highest BCUT2D eigenvalue weighted by atomic mass is 35.5. The smallest absolute Gasteiger partial charge is 0.123 e. The Morgan fingerprint density at radius 3 is 2.33 bits per heavy atom. The highest BCUT2D eigenvalue weighted by molar-refractivity contribution is 6.31. The second kappa shape index (κ2) is 8.62. The Bertz CT molecular complexity index is 447. The van der Waals surface area contributed by atoms with E-state index in [2.05, 4.69) is 20.8 Å². The lowest BCUT2D eigenvalue weighted by Gasteiger charge is -2.29. The first-order valence-electron chi connectivity index (χ1n) is 7.79. The number of aryl methyl sites for hydroxylation is 1. The van der Waals surface area contributed by atoms with Gasteiger partial charge in [-0.3, -0.25) is 0 Å². The number of hydrogen-bond acceptors (Lipinski definition) is 3. The maximum atomic E-state index is 6.31. The molecule has 4 N–H and O–H groups in total. The lowest BCUT2D eigenvalue weighted by Crippen LogP contribution is -2.31. The van der Waals surface area contributed by atoms with Crippen molar-refractivity contribution >= 4 is 11.6 Å². The zero-order valence-corrected chi connectivity index (χ0v) is 14.4. The fourth-order valence-corrected chi connectivity index (χ4v) is 2.75. The van der Waals surface area contributed by atoms with Crippen LogP contribution >= 0.6 is 11.6 Å². The van der Waals surface area contributed by atoms with Gasteiger partial charge in [-0.2, -0.15) is 0 Å². The quantitative estimate of drug-likeness (QED) is 0.769. The summed E-state index contributed by atoms with van der Waals surface area (Å²) in [5.74, 6) is 1.92. The molecule has 2 atom stereocenters. The maximum absolute atomic E-state index is 6.31. The molecule has 3 nitrogen and oxygen atoms in total. The van der Waals surface area contributed by atoms with Crippen molar-refractivity contribution in [1.29, 1.82) is 0 Å². The summed E-state index contributed by atoms with van der Waals surface area (Å²) in [6.07, 6.45) is 0.985. The number of benzene rings is 1. The van der Waals surface area contributed by atoms with Crippen LogP contribution in [0.1, 0.15) is 44.2 Å². The van der Waals surface area contributed by atoms with Crippen LogP contribution in [-0.2, 0) is 0 Å². The molecule has 2 unspecified atom stereocenters. The van der Waals surface area contributed by atoms with Crippen molar-refractivity contribution in [3.63, 3.8) is 0 Å². The Morgan fingerprint density at radius 1 is 1.19 bits per heavy atom. The molecule has 0 fully saturated rings. The lowest BCUT2D eigenvalue weighted by molar-refractivity contribution is 0.294. The van der Waals surface area contributed by atoms with Gasteiger partial charge >= 0.3 is 0 Å². The average molecular weight is 313 g/mol. The maximum Gasteiger partial charge on any atom is 0.123 e. The van der Waals surface area contributed by atoms with Crippen molar-refractivity contribution in [2.45, 2.75) is 40.0 Å². The number of rotatable bonds is 8. The van der Waals surface area contributed by atoms with Crippen LogP contribution in [0.25, 0.3) is 0 Å². The Labute approximate surface area is 134 Å². The van der Waals surface area contributed by atoms with Gasteiger partial charge in [-0.05, 0) is 67.4 Å². The van der Waals surface area contributed by atoms with Gasteiger partial charge in [0.25, 0.3) is 0 Å². The molecule has 4 heteroatoms. The summed E-state index contributed by atoms with van der Waals surface area (Å²) in [5, 5.41) is 0.782. The van der Waals surface area contributed by atoms with Crippen molar-refractivity contribution in [2.75, 3.05) is 19.7 Å². The van der Waals surface area contributed by atoms with Crippen LogP contribution in [0.2, 0.25) is 5.02 Å². The van der Waals surface area contributed by atoms with Crippen LogP contribution < -0.4 is 16.2 Å². The van der Waals surface area contributed by atoms with Crippen molar-refractivity contribution in [2.24, 2.45) is 23.3 Å². The van der Waals surface area contributed by atoms with Gasteiger partial charge in [0.2, 0.25) is 0 Å². The van der Waals surface area contributed by atoms with E-state index in [1.165, 1.54) is 0 Å². The van der Waals surface area contributed by atoms with E-state index in [9.17, 15) is 0 Å². The van der Waals surface area contributed by atoms with Gasteiger partial charge in [0.05, 0.1) is 6.61 Å². The molecular formula is C17H29ClN2O. The van der Waals surface area contributed by atoms with Crippen molar-refractivity contribution < 1.29 is 4.74 Å². The van der Waals surface area contributed by atoms with Gasteiger partial charge in [-0.25, -0.2) is 0 Å². The second-order valence-electron chi connectivity index (χ2n) is 5.87. The highest BCUT2D eigenvalue weighted by Crippen LogP contribution is 2.37. The minimum Gasteiger partial charge on any atom is -0.493 e. The minimum atomic E-state index is 0.298. The number of ether oxygens (including phenoxy) is 1. The van der Waals surface area contributed by atoms with Crippen molar-refractivity contribution in [3.8, 4) is 5.75 Å². The van der Waals surface area contributed by atoms with E-state index >= 15 is 0 Å². The van der Waals surface area contributed by atoms with E-state index in [4.69, 9.17) is 27.8 Å². The normalized spacial score (nSPS) is 14.3. The number of hydrogen-bond donors (Lipinski definition) is 2. The summed E-state index contributed by atoms with van der Waals surface area (Å²) in [7, 11) is 0. The standard InChI is InChI=1S/C17H29ClN2O/c1-5-6-21-17-7-11(2)16(18)8-15(17)13(4)12(3)14(9-19)10-20/h7-8,12-14H,5-6,9-10,19-20H2,1-4H3. The Hall–Kier alpha value is -0.770. The molecule has 1 aromatic rings. The molecule has 120 valence electrons. The van der Waals surface area contributed by atoms with E-state index in [1.54, 1.807) is 0 Å².